The highest BCUT2D eigenvalue weighted by Gasteiger charge is 2.40. The molecular formula is C16H20N4O3S. The molecule has 1 N–H and O–H groups in total. The van der Waals surface area contributed by atoms with Crippen molar-refractivity contribution in [1.29, 1.82) is 0 Å². The molecule has 0 saturated carbocycles. The number of aromatic nitrogens is 2. The number of rotatable bonds is 4. The molecule has 0 aromatic carbocycles. The van der Waals surface area contributed by atoms with E-state index in [1.807, 2.05) is 11.6 Å². The van der Waals surface area contributed by atoms with Gasteiger partial charge in [-0.05, 0) is 18.8 Å². The third-order valence-electron chi connectivity index (χ3n) is 4.66. The van der Waals surface area contributed by atoms with Gasteiger partial charge in [-0.2, -0.15) is 0 Å². The molecule has 1 amide bonds. The maximum absolute atomic E-state index is 12.3. The molecule has 2 fully saturated rings. The average molecular weight is 348 g/mol. The molecule has 3 atom stereocenters. The Morgan fingerprint density at radius 2 is 2.38 bits per heavy atom. The monoisotopic (exact) mass is 348 g/mol. The van der Waals surface area contributed by atoms with Gasteiger partial charge >= 0.3 is 0 Å². The number of nitrogens with one attached hydrogen (secondary N) is 1. The van der Waals surface area contributed by atoms with Crippen LogP contribution in [0.1, 0.15) is 28.4 Å². The van der Waals surface area contributed by atoms with E-state index in [0.717, 1.165) is 44.1 Å². The van der Waals surface area contributed by atoms with E-state index in [2.05, 4.69) is 20.4 Å². The lowest BCUT2D eigenvalue weighted by atomic mass is 9.85. The van der Waals surface area contributed by atoms with Crippen LogP contribution in [0.15, 0.2) is 28.4 Å². The van der Waals surface area contributed by atoms with Crippen LogP contribution in [0, 0.1) is 5.92 Å². The number of likely N-dealkylation sites (tertiary alicyclic amines) is 1. The molecule has 8 heteroatoms. The Labute approximate surface area is 144 Å². The van der Waals surface area contributed by atoms with Crippen LogP contribution < -0.4 is 5.32 Å². The molecule has 24 heavy (non-hydrogen) atoms. The van der Waals surface area contributed by atoms with E-state index in [0.29, 0.717) is 5.92 Å². The highest BCUT2D eigenvalue weighted by atomic mass is 32.1. The number of thiazole rings is 1. The number of hydrogen-bond acceptors (Lipinski definition) is 7. The topological polar surface area (TPSA) is 80.5 Å². The first-order valence-corrected chi connectivity index (χ1v) is 9.11. The molecular weight excluding hydrogens is 328 g/mol. The fourth-order valence-electron chi connectivity index (χ4n) is 3.65. The highest BCUT2D eigenvalue weighted by Crippen LogP contribution is 2.29. The van der Waals surface area contributed by atoms with Crippen molar-refractivity contribution in [2.75, 3.05) is 19.7 Å². The third-order valence-corrected chi connectivity index (χ3v) is 5.42. The van der Waals surface area contributed by atoms with Gasteiger partial charge in [0.25, 0.3) is 5.91 Å². The van der Waals surface area contributed by atoms with Crippen molar-refractivity contribution in [3.63, 3.8) is 0 Å². The van der Waals surface area contributed by atoms with Crippen LogP contribution in [-0.2, 0) is 11.3 Å². The zero-order valence-electron chi connectivity index (χ0n) is 13.3. The number of piperidine rings is 1. The van der Waals surface area contributed by atoms with Gasteiger partial charge < -0.3 is 14.6 Å². The molecule has 2 saturated heterocycles. The van der Waals surface area contributed by atoms with Gasteiger partial charge in [-0.25, -0.2) is 4.98 Å². The molecule has 0 spiro atoms. The molecule has 2 aromatic heterocycles. The number of nitrogens with zero attached hydrogens (tertiary/aromatic N) is 3. The molecule has 2 aliphatic heterocycles. The summed E-state index contributed by atoms with van der Waals surface area (Å²) in [7, 11) is 0. The van der Waals surface area contributed by atoms with Crippen molar-refractivity contribution in [3.05, 3.63) is 34.6 Å². The van der Waals surface area contributed by atoms with Crippen molar-refractivity contribution in [1.82, 2.24) is 20.4 Å². The largest absolute Gasteiger partial charge is 0.376 e. The summed E-state index contributed by atoms with van der Waals surface area (Å²) in [5, 5.41) is 9.77. The zero-order valence-corrected chi connectivity index (χ0v) is 14.1. The number of carbonyl (C=O) groups is 1. The van der Waals surface area contributed by atoms with E-state index in [1.165, 1.54) is 6.20 Å². The van der Waals surface area contributed by atoms with E-state index >= 15 is 0 Å². The van der Waals surface area contributed by atoms with Crippen molar-refractivity contribution in [3.8, 4) is 0 Å². The number of carbonyl (C=O) groups excluding carboxylic acids is 1. The van der Waals surface area contributed by atoms with Crippen molar-refractivity contribution >= 4 is 17.2 Å². The van der Waals surface area contributed by atoms with Crippen LogP contribution in [0.2, 0.25) is 0 Å². The lowest BCUT2D eigenvalue weighted by molar-refractivity contribution is -0.0849. The van der Waals surface area contributed by atoms with Gasteiger partial charge in [-0.1, -0.05) is 5.16 Å². The van der Waals surface area contributed by atoms with Crippen LogP contribution in [0.25, 0.3) is 0 Å². The first-order chi connectivity index (χ1) is 11.8. The smallest absolute Gasteiger partial charge is 0.290 e. The fraction of sp³-hybridized carbons (Fsp3) is 0.562. The average Bonchev–Trinajstić information content (AvgIpc) is 3.28. The second-order valence-electron chi connectivity index (χ2n) is 6.31. The minimum Gasteiger partial charge on any atom is -0.376 e. The van der Waals surface area contributed by atoms with Gasteiger partial charge in [0.15, 0.2) is 0 Å². The second kappa shape index (κ2) is 7.00. The molecule has 0 aliphatic carbocycles. The van der Waals surface area contributed by atoms with E-state index in [1.54, 1.807) is 17.4 Å². The highest BCUT2D eigenvalue weighted by molar-refractivity contribution is 7.09. The molecule has 4 heterocycles. The molecule has 2 aromatic rings. The minimum atomic E-state index is -0.235. The Morgan fingerprint density at radius 3 is 3.17 bits per heavy atom. The quantitative estimate of drug-likeness (QED) is 0.903. The predicted molar refractivity (Wildman–Crippen MR) is 87.6 cm³/mol. The Bertz CT molecular complexity index is 661. The summed E-state index contributed by atoms with van der Waals surface area (Å²) >= 11 is 1.66. The molecule has 128 valence electrons. The lowest BCUT2D eigenvalue weighted by Crippen LogP contribution is -2.60. The van der Waals surface area contributed by atoms with Crippen LogP contribution in [-0.4, -0.2) is 52.8 Å². The minimum absolute atomic E-state index is 0.0541. The maximum Gasteiger partial charge on any atom is 0.290 e. The van der Waals surface area contributed by atoms with Crippen LogP contribution in [0.4, 0.5) is 0 Å². The zero-order chi connectivity index (χ0) is 16.4. The standard InChI is InChI=1S/C16H20N4O3S/c21-16(13-3-4-18-23-13)19-12-9-20(10-14-17-5-7-24-14)8-11-2-1-6-22-15(11)12/h3-5,7,11-12,15H,1-2,6,8-10H2,(H,19,21)/t11-,12+,15-/m0/s1. The Kier molecular flexibility index (Phi) is 4.59. The van der Waals surface area contributed by atoms with Gasteiger partial charge in [0, 0.05) is 37.3 Å². The molecule has 4 rings (SSSR count). The van der Waals surface area contributed by atoms with Gasteiger partial charge in [-0.3, -0.25) is 9.69 Å². The van der Waals surface area contributed by atoms with Crippen molar-refractivity contribution in [2.24, 2.45) is 5.92 Å². The Hall–Kier alpha value is -1.77. The predicted octanol–water partition coefficient (Wildman–Crippen LogP) is 1.54. The summed E-state index contributed by atoms with van der Waals surface area (Å²) in [5.41, 5.74) is 0. The van der Waals surface area contributed by atoms with Gasteiger partial charge in [0.05, 0.1) is 24.9 Å². The fourth-order valence-corrected chi connectivity index (χ4v) is 4.30. The summed E-state index contributed by atoms with van der Waals surface area (Å²) in [5.74, 6) is 0.438. The number of amides is 1. The maximum atomic E-state index is 12.3. The molecule has 0 unspecified atom stereocenters. The normalized spacial score (nSPS) is 27.6. The summed E-state index contributed by atoms with van der Waals surface area (Å²) in [4.78, 5) is 19.1. The summed E-state index contributed by atoms with van der Waals surface area (Å²) < 4.78 is 11.0. The van der Waals surface area contributed by atoms with Gasteiger partial charge in [0.2, 0.25) is 5.76 Å². The van der Waals surface area contributed by atoms with E-state index in [-0.39, 0.29) is 23.8 Å². The van der Waals surface area contributed by atoms with Crippen LogP contribution in [0.5, 0.6) is 0 Å². The van der Waals surface area contributed by atoms with E-state index in [9.17, 15) is 4.79 Å². The summed E-state index contributed by atoms with van der Waals surface area (Å²) in [6, 6.07) is 1.52. The first-order valence-electron chi connectivity index (χ1n) is 8.23. The van der Waals surface area contributed by atoms with Crippen LogP contribution in [0.3, 0.4) is 0 Å². The Morgan fingerprint density at radius 1 is 1.42 bits per heavy atom. The third kappa shape index (κ3) is 3.35. The summed E-state index contributed by atoms with van der Waals surface area (Å²) in [6.07, 6.45) is 5.59. The Balaban J connectivity index is 1.47. The first kappa shape index (κ1) is 15.7. The van der Waals surface area contributed by atoms with Gasteiger partial charge in [-0.15, -0.1) is 11.3 Å². The van der Waals surface area contributed by atoms with E-state index in [4.69, 9.17) is 9.26 Å². The molecule has 2 aliphatic rings. The second-order valence-corrected chi connectivity index (χ2v) is 7.29. The number of hydrogen-bond donors (Lipinski definition) is 1. The number of fused-ring (bicyclic) bond motifs is 1. The number of ether oxygens (including phenoxy) is 1. The molecule has 0 bridgehead atoms. The molecule has 7 nitrogen and oxygen atoms in total. The van der Waals surface area contributed by atoms with E-state index < -0.39 is 0 Å². The molecule has 0 radical (unpaired) electrons. The van der Waals surface area contributed by atoms with Crippen molar-refractivity contribution < 1.29 is 14.1 Å². The van der Waals surface area contributed by atoms with Crippen LogP contribution >= 0.6 is 11.3 Å². The van der Waals surface area contributed by atoms with Gasteiger partial charge in [0.1, 0.15) is 5.01 Å². The lowest BCUT2D eigenvalue weighted by Gasteiger charge is -2.45. The van der Waals surface area contributed by atoms with Crippen molar-refractivity contribution in [2.45, 2.75) is 31.5 Å². The summed E-state index contributed by atoms with van der Waals surface area (Å²) in [6.45, 7) is 3.32. The SMILES string of the molecule is O=C(N[C@@H]1CN(Cc2nccs2)C[C@@H]2CCCO[C@@H]21)c1ccno1.